The number of amides is 1. The van der Waals surface area contributed by atoms with Gasteiger partial charge in [-0.25, -0.2) is 0 Å². The van der Waals surface area contributed by atoms with E-state index >= 15 is 0 Å². The Morgan fingerprint density at radius 2 is 2.46 bits per heavy atom. The minimum atomic E-state index is -0.0321. The van der Waals surface area contributed by atoms with Crippen LogP contribution in [0.15, 0.2) is 15.9 Å². The van der Waals surface area contributed by atoms with E-state index in [1.807, 2.05) is 11.4 Å². The lowest BCUT2D eigenvalue weighted by Gasteiger charge is -2.01. The van der Waals surface area contributed by atoms with Gasteiger partial charge in [-0.3, -0.25) is 4.79 Å². The Kier molecular flexibility index (Phi) is 4.41. The molecule has 0 unspecified atom stereocenters. The normalized spacial score (nSPS) is 10.0. The first-order valence-corrected chi connectivity index (χ1v) is 5.64. The zero-order chi connectivity index (χ0) is 9.68. The van der Waals surface area contributed by atoms with Crippen LogP contribution in [0.3, 0.4) is 0 Å². The molecular weight excluding hydrogens is 252 g/mol. The van der Waals surface area contributed by atoms with Gasteiger partial charge >= 0.3 is 0 Å². The van der Waals surface area contributed by atoms with Crippen LogP contribution in [-0.4, -0.2) is 19.0 Å². The van der Waals surface area contributed by atoms with Gasteiger partial charge in [-0.05, 0) is 40.3 Å². The van der Waals surface area contributed by atoms with Crippen molar-refractivity contribution < 1.29 is 4.79 Å². The number of nitrogens with two attached hydrogens (primary N) is 1. The van der Waals surface area contributed by atoms with Gasteiger partial charge in [-0.15, -0.1) is 11.3 Å². The number of nitrogens with one attached hydrogen (secondary N) is 1. The van der Waals surface area contributed by atoms with Crippen molar-refractivity contribution in [3.63, 3.8) is 0 Å². The molecule has 0 aromatic carbocycles. The SMILES string of the molecule is NCCCNC(=O)c1sccc1Br. The van der Waals surface area contributed by atoms with Gasteiger partial charge in [0.1, 0.15) is 4.88 Å². The zero-order valence-electron chi connectivity index (χ0n) is 7.05. The molecule has 3 N–H and O–H groups in total. The minimum absolute atomic E-state index is 0.0321. The Labute approximate surface area is 89.5 Å². The summed E-state index contributed by atoms with van der Waals surface area (Å²) in [6.45, 7) is 1.24. The zero-order valence-corrected chi connectivity index (χ0v) is 9.45. The van der Waals surface area contributed by atoms with E-state index in [0.29, 0.717) is 13.1 Å². The molecule has 0 aliphatic rings. The van der Waals surface area contributed by atoms with Gasteiger partial charge in [0, 0.05) is 11.0 Å². The smallest absolute Gasteiger partial charge is 0.262 e. The molecule has 3 nitrogen and oxygen atoms in total. The molecule has 1 aromatic heterocycles. The van der Waals surface area contributed by atoms with E-state index in [4.69, 9.17) is 5.73 Å². The van der Waals surface area contributed by atoms with E-state index in [1.165, 1.54) is 11.3 Å². The summed E-state index contributed by atoms with van der Waals surface area (Å²) in [6.07, 6.45) is 0.814. The monoisotopic (exact) mass is 262 g/mol. The second kappa shape index (κ2) is 5.36. The summed E-state index contributed by atoms with van der Waals surface area (Å²) < 4.78 is 0.850. The molecule has 0 radical (unpaired) electrons. The summed E-state index contributed by atoms with van der Waals surface area (Å²) in [7, 11) is 0. The van der Waals surface area contributed by atoms with Crippen LogP contribution in [0.4, 0.5) is 0 Å². The summed E-state index contributed by atoms with van der Waals surface area (Å²) in [4.78, 5) is 12.1. The Balaban J connectivity index is 2.45. The average Bonchev–Trinajstić information content (AvgIpc) is 2.52. The number of thiophene rings is 1. The van der Waals surface area contributed by atoms with Crippen LogP contribution in [0.1, 0.15) is 16.1 Å². The maximum Gasteiger partial charge on any atom is 0.262 e. The molecule has 0 saturated heterocycles. The fraction of sp³-hybridized carbons (Fsp3) is 0.375. The number of halogens is 1. The largest absolute Gasteiger partial charge is 0.351 e. The van der Waals surface area contributed by atoms with Crippen molar-refractivity contribution in [2.75, 3.05) is 13.1 Å². The van der Waals surface area contributed by atoms with Gasteiger partial charge in [-0.1, -0.05) is 0 Å². The highest BCUT2D eigenvalue weighted by Gasteiger charge is 2.09. The molecule has 0 saturated carbocycles. The molecule has 1 aromatic rings. The highest BCUT2D eigenvalue weighted by Crippen LogP contribution is 2.22. The molecule has 13 heavy (non-hydrogen) atoms. The topological polar surface area (TPSA) is 55.1 Å². The predicted octanol–water partition coefficient (Wildman–Crippen LogP) is 1.59. The Bertz CT molecular complexity index is 287. The summed E-state index contributed by atoms with van der Waals surface area (Å²) in [6, 6.07) is 1.86. The fourth-order valence-electron chi connectivity index (χ4n) is 0.840. The van der Waals surface area contributed by atoms with E-state index in [0.717, 1.165) is 15.8 Å². The van der Waals surface area contributed by atoms with Crippen LogP contribution in [0, 0.1) is 0 Å². The number of hydrogen-bond acceptors (Lipinski definition) is 3. The minimum Gasteiger partial charge on any atom is -0.351 e. The van der Waals surface area contributed by atoms with Crippen molar-refractivity contribution >= 4 is 33.2 Å². The molecule has 0 fully saturated rings. The molecule has 1 heterocycles. The summed E-state index contributed by atoms with van der Waals surface area (Å²) >= 11 is 4.73. The first-order chi connectivity index (χ1) is 6.25. The van der Waals surface area contributed by atoms with Crippen LogP contribution in [-0.2, 0) is 0 Å². The van der Waals surface area contributed by atoms with Crippen molar-refractivity contribution in [3.8, 4) is 0 Å². The van der Waals surface area contributed by atoms with E-state index in [9.17, 15) is 4.79 Å². The second-order valence-corrected chi connectivity index (χ2v) is 4.27. The maximum atomic E-state index is 11.4. The lowest BCUT2D eigenvalue weighted by atomic mass is 10.4. The fourth-order valence-corrected chi connectivity index (χ4v) is 2.31. The van der Waals surface area contributed by atoms with Crippen LogP contribution in [0.2, 0.25) is 0 Å². The van der Waals surface area contributed by atoms with Gasteiger partial charge in [0.25, 0.3) is 5.91 Å². The van der Waals surface area contributed by atoms with E-state index in [-0.39, 0.29) is 5.91 Å². The van der Waals surface area contributed by atoms with E-state index < -0.39 is 0 Å². The third-order valence-electron chi connectivity index (χ3n) is 1.49. The van der Waals surface area contributed by atoms with Gasteiger partial charge in [-0.2, -0.15) is 0 Å². The molecule has 0 spiro atoms. The molecule has 5 heteroatoms. The van der Waals surface area contributed by atoms with Gasteiger partial charge in [0.05, 0.1) is 0 Å². The Morgan fingerprint density at radius 3 is 3.00 bits per heavy atom. The third kappa shape index (κ3) is 3.10. The first kappa shape index (κ1) is 10.7. The highest BCUT2D eigenvalue weighted by atomic mass is 79.9. The summed E-state index contributed by atoms with van der Waals surface area (Å²) in [5.41, 5.74) is 5.31. The third-order valence-corrected chi connectivity index (χ3v) is 3.33. The lowest BCUT2D eigenvalue weighted by Crippen LogP contribution is -2.25. The number of carbonyl (C=O) groups excluding carboxylic acids is 1. The quantitative estimate of drug-likeness (QED) is 0.810. The molecular formula is C8H11BrN2OS. The van der Waals surface area contributed by atoms with Crippen LogP contribution >= 0.6 is 27.3 Å². The van der Waals surface area contributed by atoms with Crippen molar-refractivity contribution in [2.45, 2.75) is 6.42 Å². The van der Waals surface area contributed by atoms with Crippen molar-refractivity contribution in [1.29, 1.82) is 0 Å². The lowest BCUT2D eigenvalue weighted by molar-refractivity contribution is 0.0957. The van der Waals surface area contributed by atoms with E-state index in [2.05, 4.69) is 21.2 Å². The number of carbonyl (C=O) groups is 1. The first-order valence-electron chi connectivity index (χ1n) is 3.97. The number of hydrogen-bond donors (Lipinski definition) is 2. The maximum absolute atomic E-state index is 11.4. The van der Waals surface area contributed by atoms with Gasteiger partial charge < -0.3 is 11.1 Å². The average molecular weight is 263 g/mol. The van der Waals surface area contributed by atoms with E-state index in [1.54, 1.807) is 0 Å². The molecule has 0 aliphatic carbocycles. The summed E-state index contributed by atoms with van der Waals surface area (Å²) in [5, 5.41) is 4.67. The molecule has 72 valence electrons. The molecule has 0 aliphatic heterocycles. The Morgan fingerprint density at radius 1 is 1.69 bits per heavy atom. The molecule has 1 amide bonds. The highest BCUT2D eigenvalue weighted by molar-refractivity contribution is 9.10. The Hall–Kier alpha value is -0.390. The van der Waals surface area contributed by atoms with Crippen LogP contribution in [0.25, 0.3) is 0 Å². The number of rotatable bonds is 4. The van der Waals surface area contributed by atoms with Crippen molar-refractivity contribution in [3.05, 3.63) is 20.8 Å². The molecule has 1 rings (SSSR count). The molecule has 0 atom stereocenters. The molecule has 0 bridgehead atoms. The van der Waals surface area contributed by atoms with Gasteiger partial charge in [0.2, 0.25) is 0 Å². The predicted molar refractivity (Wildman–Crippen MR) is 58.0 cm³/mol. The van der Waals surface area contributed by atoms with Crippen LogP contribution < -0.4 is 11.1 Å². The van der Waals surface area contributed by atoms with Crippen molar-refractivity contribution in [1.82, 2.24) is 5.32 Å². The van der Waals surface area contributed by atoms with Crippen LogP contribution in [0.5, 0.6) is 0 Å². The van der Waals surface area contributed by atoms with Gasteiger partial charge in [0.15, 0.2) is 0 Å². The standard InChI is InChI=1S/C8H11BrN2OS/c9-6-2-5-13-7(6)8(12)11-4-1-3-10/h2,5H,1,3-4,10H2,(H,11,12). The summed E-state index contributed by atoms with van der Waals surface area (Å²) in [5.74, 6) is -0.0321. The second-order valence-electron chi connectivity index (χ2n) is 2.50. The van der Waals surface area contributed by atoms with Crippen molar-refractivity contribution in [2.24, 2.45) is 5.73 Å².